The Bertz CT molecular complexity index is 233. The van der Waals surface area contributed by atoms with Gasteiger partial charge in [0.05, 0.1) is 6.04 Å². The first-order valence-corrected chi connectivity index (χ1v) is 2.88. The molecule has 0 spiro atoms. The fourth-order valence-electron chi connectivity index (χ4n) is 0.577. The average Bonchev–Trinajstić information content (AvgIpc) is 2.14. The van der Waals surface area contributed by atoms with E-state index in [4.69, 9.17) is 4.52 Å². The highest BCUT2D eigenvalue weighted by atomic mass is 16.5. The zero-order chi connectivity index (χ0) is 6.85. The minimum atomic E-state index is -0.288. The normalized spacial score (nSPS) is 10.6. The monoisotopic (exact) mass is 127 g/mol. The van der Waals surface area contributed by atoms with E-state index < -0.39 is 0 Å². The van der Waals surface area contributed by atoms with Crippen molar-refractivity contribution >= 4 is 0 Å². The molecule has 50 valence electrons. The van der Waals surface area contributed by atoms with Gasteiger partial charge in [0.25, 0.3) is 0 Å². The maximum atomic E-state index is 10.4. The van der Waals surface area contributed by atoms with Crippen molar-refractivity contribution in [3.8, 4) is 0 Å². The SMILES string of the molecule is CC(C)n1ccc(=O)o1. The van der Waals surface area contributed by atoms with Gasteiger partial charge in [-0.15, -0.1) is 0 Å². The summed E-state index contributed by atoms with van der Waals surface area (Å²) >= 11 is 0. The van der Waals surface area contributed by atoms with Gasteiger partial charge in [-0.2, -0.15) is 0 Å². The highest BCUT2D eigenvalue weighted by Gasteiger charge is 1.96. The van der Waals surface area contributed by atoms with Crippen LogP contribution in [-0.4, -0.2) is 4.74 Å². The van der Waals surface area contributed by atoms with E-state index in [-0.39, 0.29) is 11.7 Å². The molecule has 1 rings (SSSR count). The van der Waals surface area contributed by atoms with Crippen LogP contribution < -0.4 is 5.63 Å². The molecule has 1 aromatic rings. The van der Waals surface area contributed by atoms with Crippen LogP contribution in [0.3, 0.4) is 0 Å². The van der Waals surface area contributed by atoms with E-state index in [1.165, 1.54) is 10.8 Å². The van der Waals surface area contributed by atoms with E-state index in [0.717, 1.165) is 0 Å². The summed E-state index contributed by atoms with van der Waals surface area (Å²) < 4.78 is 6.22. The molecule has 0 atom stereocenters. The van der Waals surface area contributed by atoms with E-state index in [9.17, 15) is 4.79 Å². The Labute approximate surface area is 52.9 Å². The molecule has 0 saturated carbocycles. The highest BCUT2D eigenvalue weighted by Crippen LogP contribution is 1.99. The number of rotatable bonds is 1. The summed E-state index contributed by atoms with van der Waals surface area (Å²) in [5.74, 6) is 0. The van der Waals surface area contributed by atoms with E-state index in [1.54, 1.807) is 6.20 Å². The maximum absolute atomic E-state index is 10.4. The van der Waals surface area contributed by atoms with Crippen LogP contribution >= 0.6 is 0 Å². The van der Waals surface area contributed by atoms with Crippen molar-refractivity contribution in [2.24, 2.45) is 0 Å². The lowest BCUT2D eigenvalue weighted by Gasteiger charge is -2.00. The molecule has 0 amide bonds. The molecule has 0 radical (unpaired) electrons. The molecule has 3 heteroatoms. The second-order valence-electron chi connectivity index (χ2n) is 2.18. The van der Waals surface area contributed by atoms with Crippen molar-refractivity contribution in [2.45, 2.75) is 19.9 Å². The van der Waals surface area contributed by atoms with Crippen LogP contribution in [0.15, 0.2) is 21.6 Å². The first kappa shape index (κ1) is 6.13. The summed E-state index contributed by atoms with van der Waals surface area (Å²) in [6.45, 7) is 3.89. The van der Waals surface area contributed by atoms with Crippen molar-refractivity contribution in [2.75, 3.05) is 0 Å². The van der Waals surface area contributed by atoms with E-state index >= 15 is 0 Å². The average molecular weight is 127 g/mol. The second-order valence-corrected chi connectivity index (χ2v) is 2.18. The van der Waals surface area contributed by atoms with Gasteiger partial charge in [-0.1, -0.05) is 0 Å². The van der Waals surface area contributed by atoms with Crippen LogP contribution in [0.1, 0.15) is 19.9 Å². The molecule has 0 aliphatic heterocycles. The Hall–Kier alpha value is -0.990. The third-order valence-corrected chi connectivity index (χ3v) is 1.06. The molecule has 1 aromatic heterocycles. The summed E-state index contributed by atoms with van der Waals surface area (Å²) in [4.78, 5) is 10.4. The molecule has 0 unspecified atom stereocenters. The zero-order valence-corrected chi connectivity index (χ0v) is 5.50. The van der Waals surface area contributed by atoms with Crippen LogP contribution in [0.25, 0.3) is 0 Å². The smallest absolute Gasteiger partial charge is 0.336 e. The number of hydrogen-bond donors (Lipinski definition) is 0. The van der Waals surface area contributed by atoms with Gasteiger partial charge in [-0.3, -0.25) is 0 Å². The van der Waals surface area contributed by atoms with Crippen molar-refractivity contribution < 1.29 is 4.52 Å². The van der Waals surface area contributed by atoms with Crippen LogP contribution in [0, 0.1) is 0 Å². The van der Waals surface area contributed by atoms with Crippen molar-refractivity contribution in [1.82, 2.24) is 4.74 Å². The quantitative estimate of drug-likeness (QED) is 0.564. The Kier molecular flexibility index (Phi) is 1.42. The molecule has 0 N–H and O–H groups in total. The van der Waals surface area contributed by atoms with Gasteiger partial charge in [-0.25, -0.2) is 9.53 Å². The van der Waals surface area contributed by atoms with Crippen molar-refractivity contribution in [1.29, 1.82) is 0 Å². The van der Waals surface area contributed by atoms with Crippen LogP contribution in [0.4, 0.5) is 0 Å². The molecule has 0 aromatic carbocycles. The van der Waals surface area contributed by atoms with Gasteiger partial charge in [0.2, 0.25) is 0 Å². The lowest BCUT2D eigenvalue weighted by Crippen LogP contribution is -1.98. The van der Waals surface area contributed by atoms with E-state index in [0.29, 0.717) is 0 Å². The molecule has 0 bridgehead atoms. The van der Waals surface area contributed by atoms with Gasteiger partial charge < -0.3 is 4.52 Å². The van der Waals surface area contributed by atoms with Crippen LogP contribution in [0.2, 0.25) is 0 Å². The topological polar surface area (TPSA) is 35.1 Å². The molecule has 0 aliphatic carbocycles. The first-order valence-electron chi connectivity index (χ1n) is 2.88. The van der Waals surface area contributed by atoms with Crippen molar-refractivity contribution in [3.05, 3.63) is 22.7 Å². The van der Waals surface area contributed by atoms with Gasteiger partial charge in [-0.05, 0) is 13.8 Å². The maximum Gasteiger partial charge on any atom is 0.357 e. The minimum absolute atomic E-state index is 0.229. The standard InChI is InChI=1S/C6H9NO2/c1-5(2)7-4-3-6(8)9-7/h3-5H,1-2H3. The molecule has 3 nitrogen and oxygen atoms in total. The molecule has 0 fully saturated rings. The van der Waals surface area contributed by atoms with Crippen LogP contribution in [0.5, 0.6) is 0 Å². The third-order valence-electron chi connectivity index (χ3n) is 1.06. The number of hydrogen-bond acceptors (Lipinski definition) is 2. The zero-order valence-electron chi connectivity index (χ0n) is 5.50. The fraction of sp³-hybridized carbons (Fsp3) is 0.500. The number of nitrogens with zero attached hydrogens (tertiary/aromatic N) is 1. The van der Waals surface area contributed by atoms with Gasteiger partial charge in [0.1, 0.15) is 0 Å². The summed E-state index contributed by atoms with van der Waals surface area (Å²) in [6.07, 6.45) is 1.63. The first-order chi connectivity index (χ1) is 4.20. The molecule has 0 saturated heterocycles. The minimum Gasteiger partial charge on any atom is -0.336 e. The lowest BCUT2D eigenvalue weighted by molar-refractivity contribution is 0.224. The second kappa shape index (κ2) is 2.09. The molecule has 9 heavy (non-hydrogen) atoms. The van der Waals surface area contributed by atoms with Gasteiger partial charge in [0, 0.05) is 12.3 Å². The summed E-state index contributed by atoms with van der Waals surface area (Å²) in [7, 11) is 0. The van der Waals surface area contributed by atoms with E-state index in [1.807, 2.05) is 13.8 Å². The Morgan fingerprint density at radius 3 is 2.56 bits per heavy atom. The van der Waals surface area contributed by atoms with Gasteiger partial charge >= 0.3 is 5.63 Å². The Morgan fingerprint density at radius 2 is 2.33 bits per heavy atom. The lowest BCUT2D eigenvalue weighted by atomic mass is 10.4. The number of aromatic nitrogens is 1. The molecular formula is C6H9NO2. The molecule has 0 aliphatic rings. The molecular weight excluding hydrogens is 118 g/mol. The highest BCUT2D eigenvalue weighted by molar-refractivity contribution is 4.76. The summed E-state index contributed by atoms with van der Waals surface area (Å²) in [5, 5.41) is 0. The Morgan fingerprint density at radius 1 is 1.67 bits per heavy atom. The van der Waals surface area contributed by atoms with E-state index in [2.05, 4.69) is 0 Å². The predicted octanol–water partition coefficient (Wildman–Crippen LogP) is 1.02. The largest absolute Gasteiger partial charge is 0.357 e. The van der Waals surface area contributed by atoms with Gasteiger partial charge in [0.15, 0.2) is 0 Å². The fourth-order valence-corrected chi connectivity index (χ4v) is 0.577. The summed E-state index contributed by atoms with van der Waals surface area (Å²) in [5.41, 5.74) is -0.288. The summed E-state index contributed by atoms with van der Waals surface area (Å²) in [6, 6.07) is 1.63. The van der Waals surface area contributed by atoms with Crippen LogP contribution in [-0.2, 0) is 0 Å². The predicted molar refractivity (Wildman–Crippen MR) is 33.4 cm³/mol. The third kappa shape index (κ3) is 1.22. The Balaban J connectivity index is 2.98. The molecule has 1 heterocycles. The van der Waals surface area contributed by atoms with Crippen molar-refractivity contribution in [3.63, 3.8) is 0 Å².